The number of para-hydroxylation sites is 1. The number of nitrogens with one attached hydrogen (secondary N) is 1. The molecular formula is C23H20N6O2. The SMILES string of the molecule is CN1C=NN(c2cccc(-n3c(=O)n(Cc4ccccc4)c(=O)c4ccccc43)c2)N1. The first-order valence-electron chi connectivity index (χ1n) is 9.84. The van der Waals surface area contributed by atoms with Crippen molar-refractivity contribution in [2.24, 2.45) is 5.10 Å². The van der Waals surface area contributed by atoms with E-state index in [1.54, 1.807) is 39.2 Å². The van der Waals surface area contributed by atoms with Crippen molar-refractivity contribution in [2.45, 2.75) is 6.54 Å². The number of hydrogen-bond acceptors (Lipinski definition) is 6. The van der Waals surface area contributed by atoms with Gasteiger partial charge in [0.2, 0.25) is 0 Å². The summed E-state index contributed by atoms with van der Waals surface area (Å²) in [4.78, 5) is 26.7. The van der Waals surface area contributed by atoms with E-state index in [4.69, 9.17) is 0 Å². The van der Waals surface area contributed by atoms with Gasteiger partial charge in [-0.05, 0) is 35.9 Å². The number of fused-ring (bicyclic) bond motifs is 1. The first-order chi connectivity index (χ1) is 15.1. The van der Waals surface area contributed by atoms with Crippen LogP contribution in [0.15, 0.2) is 93.6 Å². The molecule has 8 heteroatoms. The van der Waals surface area contributed by atoms with Crippen LogP contribution in [0.4, 0.5) is 5.69 Å². The highest BCUT2D eigenvalue weighted by Gasteiger charge is 2.17. The van der Waals surface area contributed by atoms with Crippen LogP contribution in [0.3, 0.4) is 0 Å². The monoisotopic (exact) mass is 412 g/mol. The standard InChI is InChI=1S/C23H20N6O2/c1-26-16-24-29(25-26)19-11-7-10-18(14-19)28-21-13-6-5-12-20(21)22(30)27(23(28)31)15-17-8-3-2-4-9-17/h2-14,16,25H,15H2,1H3. The van der Waals surface area contributed by atoms with Crippen LogP contribution in [-0.4, -0.2) is 27.5 Å². The van der Waals surface area contributed by atoms with Crippen LogP contribution >= 0.6 is 0 Å². The molecule has 0 atom stereocenters. The minimum absolute atomic E-state index is 0.200. The molecule has 154 valence electrons. The van der Waals surface area contributed by atoms with E-state index >= 15 is 0 Å². The van der Waals surface area contributed by atoms with E-state index in [1.165, 1.54) is 4.57 Å². The van der Waals surface area contributed by atoms with Crippen molar-refractivity contribution in [3.63, 3.8) is 0 Å². The second-order valence-corrected chi connectivity index (χ2v) is 7.29. The van der Waals surface area contributed by atoms with E-state index in [2.05, 4.69) is 10.6 Å². The van der Waals surface area contributed by atoms with Crippen LogP contribution < -0.4 is 21.9 Å². The van der Waals surface area contributed by atoms with Gasteiger partial charge >= 0.3 is 5.69 Å². The molecule has 31 heavy (non-hydrogen) atoms. The average molecular weight is 412 g/mol. The Morgan fingerprint density at radius 1 is 0.871 bits per heavy atom. The minimum atomic E-state index is -0.389. The van der Waals surface area contributed by atoms with E-state index in [9.17, 15) is 9.59 Å². The molecular weight excluding hydrogens is 392 g/mol. The molecule has 0 fully saturated rings. The lowest BCUT2D eigenvalue weighted by molar-refractivity contribution is 0.397. The Bertz CT molecular complexity index is 1410. The zero-order valence-corrected chi connectivity index (χ0v) is 16.8. The number of nitrogens with zero attached hydrogens (tertiary/aromatic N) is 5. The highest BCUT2D eigenvalue weighted by atomic mass is 16.2. The van der Waals surface area contributed by atoms with Crippen molar-refractivity contribution in [1.29, 1.82) is 0 Å². The number of aromatic nitrogens is 2. The molecule has 0 saturated carbocycles. The second-order valence-electron chi connectivity index (χ2n) is 7.29. The first-order valence-corrected chi connectivity index (χ1v) is 9.84. The third-order valence-corrected chi connectivity index (χ3v) is 5.15. The summed E-state index contributed by atoms with van der Waals surface area (Å²) in [5, 5.41) is 8.09. The molecule has 0 aliphatic carbocycles. The van der Waals surface area contributed by atoms with Gasteiger partial charge in [-0.2, -0.15) is 5.12 Å². The summed E-state index contributed by atoms with van der Waals surface area (Å²) in [5.41, 5.74) is 5.22. The lowest BCUT2D eigenvalue weighted by Gasteiger charge is -2.19. The molecule has 8 nitrogen and oxygen atoms in total. The molecule has 0 radical (unpaired) electrons. The van der Waals surface area contributed by atoms with Crippen molar-refractivity contribution in [1.82, 2.24) is 19.7 Å². The fourth-order valence-electron chi connectivity index (χ4n) is 3.68. The normalized spacial score (nSPS) is 13.3. The summed E-state index contributed by atoms with van der Waals surface area (Å²) < 4.78 is 2.86. The van der Waals surface area contributed by atoms with Crippen LogP contribution in [0.1, 0.15) is 5.56 Å². The fourth-order valence-corrected chi connectivity index (χ4v) is 3.68. The largest absolute Gasteiger partial charge is 0.336 e. The molecule has 1 aliphatic heterocycles. The van der Waals surface area contributed by atoms with Crippen LogP contribution in [0.2, 0.25) is 0 Å². The molecule has 4 aromatic rings. The molecule has 0 spiro atoms. The third kappa shape index (κ3) is 3.38. The highest BCUT2D eigenvalue weighted by molar-refractivity contribution is 5.80. The minimum Gasteiger partial charge on any atom is -0.280 e. The summed E-state index contributed by atoms with van der Waals surface area (Å²) in [5.74, 6) is 0. The van der Waals surface area contributed by atoms with Crippen LogP contribution in [0.25, 0.3) is 16.6 Å². The summed E-state index contributed by atoms with van der Waals surface area (Å²) >= 11 is 0. The van der Waals surface area contributed by atoms with Gasteiger partial charge in [0.05, 0.1) is 28.8 Å². The maximum atomic E-state index is 13.6. The van der Waals surface area contributed by atoms with Crippen molar-refractivity contribution in [2.75, 3.05) is 12.2 Å². The maximum Gasteiger partial charge on any atom is 0.336 e. The van der Waals surface area contributed by atoms with Crippen molar-refractivity contribution >= 4 is 22.9 Å². The predicted molar refractivity (Wildman–Crippen MR) is 121 cm³/mol. The lowest BCUT2D eigenvalue weighted by atomic mass is 10.2. The Labute approximate surface area is 177 Å². The maximum absolute atomic E-state index is 13.6. The number of hydrazine groups is 2. The van der Waals surface area contributed by atoms with E-state index in [0.717, 1.165) is 11.3 Å². The summed E-state index contributed by atoms with van der Waals surface area (Å²) in [6, 6.07) is 24.1. The summed E-state index contributed by atoms with van der Waals surface area (Å²) in [7, 11) is 1.84. The van der Waals surface area contributed by atoms with Crippen LogP contribution in [0.5, 0.6) is 0 Å². The Balaban J connectivity index is 1.71. The zero-order valence-electron chi connectivity index (χ0n) is 16.8. The quantitative estimate of drug-likeness (QED) is 0.557. The van der Waals surface area contributed by atoms with Gasteiger partial charge in [-0.15, -0.1) is 10.6 Å². The summed E-state index contributed by atoms with van der Waals surface area (Å²) in [6.07, 6.45) is 1.65. The number of hydrazone groups is 1. The molecule has 1 N–H and O–H groups in total. The third-order valence-electron chi connectivity index (χ3n) is 5.15. The molecule has 1 aliphatic rings. The molecule has 3 aromatic carbocycles. The van der Waals surface area contributed by atoms with E-state index < -0.39 is 0 Å². The summed E-state index contributed by atoms with van der Waals surface area (Å²) in [6.45, 7) is 0.200. The fraction of sp³-hybridized carbons (Fsp3) is 0.0870. The molecule has 0 bridgehead atoms. The van der Waals surface area contributed by atoms with Gasteiger partial charge in [-0.3, -0.25) is 18.9 Å². The second kappa shape index (κ2) is 7.58. The average Bonchev–Trinajstić information content (AvgIpc) is 3.24. The first kappa shape index (κ1) is 18.8. The molecule has 0 amide bonds. The topological polar surface area (TPSA) is 74.9 Å². The highest BCUT2D eigenvalue weighted by Crippen LogP contribution is 2.21. The van der Waals surface area contributed by atoms with Crippen molar-refractivity contribution in [3.05, 3.63) is 105 Å². The lowest BCUT2D eigenvalue weighted by Crippen LogP contribution is -2.40. The number of rotatable bonds is 4. The van der Waals surface area contributed by atoms with Gasteiger partial charge in [0.15, 0.2) is 0 Å². The molecule has 0 unspecified atom stereocenters. The Kier molecular flexibility index (Phi) is 4.61. The van der Waals surface area contributed by atoms with Crippen LogP contribution in [0, 0.1) is 0 Å². The molecule has 1 aromatic heterocycles. The van der Waals surface area contributed by atoms with Gasteiger partial charge in [-0.25, -0.2) is 4.79 Å². The van der Waals surface area contributed by atoms with Gasteiger partial charge in [0, 0.05) is 7.05 Å². The molecule has 5 rings (SSSR count). The van der Waals surface area contributed by atoms with E-state index in [-0.39, 0.29) is 17.8 Å². The van der Waals surface area contributed by atoms with Crippen molar-refractivity contribution < 1.29 is 0 Å². The Hall–Kier alpha value is -4.17. The van der Waals surface area contributed by atoms with E-state index in [1.807, 2.05) is 67.7 Å². The van der Waals surface area contributed by atoms with Gasteiger partial charge < -0.3 is 0 Å². The number of hydrogen-bond donors (Lipinski definition) is 1. The van der Waals surface area contributed by atoms with E-state index in [0.29, 0.717) is 16.6 Å². The number of anilines is 1. The smallest absolute Gasteiger partial charge is 0.280 e. The van der Waals surface area contributed by atoms with Crippen LogP contribution in [-0.2, 0) is 6.54 Å². The van der Waals surface area contributed by atoms with Crippen molar-refractivity contribution in [3.8, 4) is 5.69 Å². The predicted octanol–water partition coefficient (Wildman–Crippen LogP) is 2.32. The van der Waals surface area contributed by atoms with Gasteiger partial charge in [-0.1, -0.05) is 48.5 Å². The molecule has 0 saturated heterocycles. The number of benzene rings is 3. The zero-order chi connectivity index (χ0) is 21.4. The van der Waals surface area contributed by atoms with Gasteiger partial charge in [0.1, 0.15) is 6.34 Å². The Morgan fingerprint density at radius 3 is 2.39 bits per heavy atom. The Morgan fingerprint density at radius 2 is 1.61 bits per heavy atom. The molecule has 2 heterocycles. The van der Waals surface area contributed by atoms with Gasteiger partial charge in [0.25, 0.3) is 5.56 Å².